The Kier molecular flexibility index (Phi) is 6.69. The van der Waals surface area contributed by atoms with Crippen LogP contribution in [0.3, 0.4) is 0 Å². The number of rotatable bonds is 4. The van der Waals surface area contributed by atoms with Crippen LogP contribution in [-0.4, -0.2) is 56.5 Å². The summed E-state index contributed by atoms with van der Waals surface area (Å²) in [5.74, 6) is 2.81. The minimum Gasteiger partial charge on any atom is -0.368 e. The second kappa shape index (κ2) is 9.60. The number of hydrogen-bond acceptors (Lipinski definition) is 3. The first-order valence-corrected chi connectivity index (χ1v) is 9.41. The molecular formula is C22H24FN5O. The first-order chi connectivity index (χ1) is 14.1. The van der Waals surface area contributed by atoms with Gasteiger partial charge in [-0.3, -0.25) is 9.79 Å². The molecule has 1 amide bonds. The molecule has 1 aliphatic rings. The maximum Gasteiger partial charge on any atom is 0.243 e. The number of halogens is 1. The number of piperazine rings is 1. The molecule has 1 fully saturated rings. The fourth-order valence-corrected chi connectivity index (χ4v) is 3.21. The third-order valence-corrected chi connectivity index (χ3v) is 4.70. The van der Waals surface area contributed by atoms with Crippen molar-refractivity contribution in [1.29, 1.82) is 0 Å². The zero-order valence-corrected chi connectivity index (χ0v) is 16.4. The zero-order valence-electron chi connectivity index (χ0n) is 16.4. The number of amides is 1. The van der Waals surface area contributed by atoms with E-state index >= 15 is 0 Å². The largest absolute Gasteiger partial charge is 0.368 e. The van der Waals surface area contributed by atoms with Crippen LogP contribution in [0.4, 0.5) is 15.8 Å². The number of guanidine groups is 1. The van der Waals surface area contributed by atoms with Crippen LogP contribution in [0, 0.1) is 18.2 Å². The van der Waals surface area contributed by atoms with Gasteiger partial charge in [0.1, 0.15) is 5.82 Å². The average molecular weight is 393 g/mol. The molecule has 1 saturated heterocycles. The van der Waals surface area contributed by atoms with E-state index in [4.69, 9.17) is 6.42 Å². The summed E-state index contributed by atoms with van der Waals surface area (Å²) in [6.45, 7) is 3.19. The molecule has 0 atom stereocenters. The number of nitrogens with one attached hydrogen (secondary N) is 2. The van der Waals surface area contributed by atoms with E-state index in [0.29, 0.717) is 17.2 Å². The number of carbonyl (C=O) groups excluding carboxylic acids is 1. The van der Waals surface area contributed by atoms with Crippen LogP contribution >= 0.6 is 0 Å². The average Bonchev–Trinajstić information content (AvgIpc) is 2.75. The van der Waals surface area contributed by atoms with Crippen LogP contribution in [0.25, 0.3) is 0 Å². The van der Waals surface area contributed by atoms with Crippen molar-refractivity contribution in [2.24, 2.45) is 4.99 Å². The molecule has 0 aromatic heterocycles. The summed E-state index contributed by atoms with van der Waals surface area (Å²) in [6.07, 6.45) is 5.39. The molecule has 150 valence electrons. The Labute approximate surface area is 170 Å². The van der Waals surface area contributed by atoms with Gasteiger partial charge in [0.15, 0.2) is 5.96 Å². The summed E-state index contributed by atoms with van der Waals surface area (Å²) in [7, 11) is 1.70. The van der Waals surface area contributed by atoms with Gasteiger partial charge in [-0.25, -0.2) is 4.39 Å². The summed E-state index contributed by atoms with van der Waals surface area (Å²) < 4.78 is 13.1. The molecule has 2 N–H and O–H groups in total. The highest BCUT2D eigenvalue weighted by molar-refractivity contribution is 5.95. The first kappa shape index (κ1) is 20.2. The second-order valence-electron chi connectivity index (χ2n) is 6.62. The van der Waals surface area contributed by atoms with Gasteiger partial charge in [0.05, 0.1) is 6.54 Å². The molecule has 0 spiro atoms. The van der Waals surface area contributed by atoms with Crippen LogP contribution in [0.1, 0.15) is 5.56 Å². The molecule has 6 nitrogen and oxygen atoms in total. The third-order valence-electron chi connectivity index (χ3n) is 4.70. The quantitative estimate of drug-likeness (QED) is 0.475. The van der Waals surface area contributed by atoms with Crippen LogP contribution in [-0.2, 0) is 4.79 Å². The lowest BCUT2D eigenvalue weighted by atomic mass is 10.2. The van der Waals surface area contributed by atoms with Crippen molar-refractivity contribution in [1.82, 2.24) is 10.2 Å². The van der Waals surface area contributed by atoms with E-state index in [9.17, 15) is 9.18 Å². The molecule has 0 saturated carbocycles. The van der Waals surface area contributed by atoms with E-state index in [-0.39, 0.29) is 18.3 Å². The van der Waals surface area contributed by atoms with Gasteiger partial charge in [0.25, 0.3) is 0 Å². The van der Waals surface area contributed by atoms with E-state index in [1.54, 1.807) is 43.4 Å². The minimum absolute atomic E-state index is 0.102. The molecule has 29 heavy (non-hydrogen) atoms. The molecule has 0 unspecified atom stereocenters. The van der Waals surface area contributed by atoms with Gasteiger partial charge in [-0.2, -0.15) is 0 Å². The van der Waals surface area contributed by atoms with Gasteiger partial charge >= 0.3 is 0 Å². The number of hydrogen-bond donors (Lipinski definition) is 2. The Morgan fingerprint density at radius 2 is 1.90 bits per heavy atom. The van der Waals surface area contributed by atoms with E-state index in [2.05, 4.69) is 31.3 Å². The van der Waals surface area contributed by atoms with Gasteiger partial charge in [0, 0.05) is 50.2 Å². The lowest BCUT2D eigenvalue weighted by Gasteiger charge is -2.37. The Morgan fingerprint density at radius 1 is 1.17 bits per heavy atom. The minimum atomic E-state index is -0.235. The Bertz CT molecular complexity index is 912. The molecule has 0 radical (unpaired) electrons. The highest BCUT2D eigenvalue weighted by Crippen LogP contribution is 2.17. The molecular weight excluding hydrogens is 369 g/mol. The Balaban J connectivity index is 1.48. The number of terminal acetylenes is 1. The second-order valence-corrected chi connectivity index (χ2v) is 6.62. The third kappa shape index (κ3) is 5.48. The van der Waals surface area contributed by atoms with Crippen molar-refractivity contribution >= 4 is 23.2 Å². The molecule has 1 aliphatic heterocycles. The highest BCUT2D eigenvalue weighted by atomic mass is 19.1. The van der Waals surface area contributed by atoms with Crippen molar-refractivity contribution in [3.63, 3.8) is 0 Å². The van der Waals surface area contributed by atoms with Gasteiger partial charge in [-0.05, 0) is 42.5 Å². The zero-order chi connectivity index (χ0) is 20.6. The molecule has 1 heterocycles. The molecule has 2 aromatic carbocycles. The summed E-state index contributed by atoms with van der Waals surface area (Å²) in [5.41, 5.74) is 2.38. The van der Waals surface area contributed by atoms with E-state index in [1.165, 1.54) is 12.1 Å². The summed E-state index contributed by atoms with van der Waals surface area (Å²) in [6, 6.07) is 13.7. The maximum atomic E-state index is 13.1. The van der Waals surface area contributed by atoms with Crippen LogP contribution < -0.4 is 15.5 Å². The van der Waals surface area contributed by atoms with E-state index in [0.717, 1.165) is 31.9 Å². The predicted octanol–water partition coefficient (Wildman–Crippen LogP) is 2.14. The monoisotopic (exact) mass is 393 g/mol. The lowest BCUT2D eigenvalue weighted by molar-refractivity contribution is -0.115. The van der Waals surface area contributed by atoms with Crippen molar-refractivity contribution in [3.8, 4) is 12.3 Å². The summed E-state index contributed by atoms with van der Waals surface area (Å²) in [5, 5.41) is 5.93. The molecule has 7 heteroatoms. The van der Waals surface area contributed by atoms with Crippen molar-refractivity contribution in [3.05, 3.63) is 59.9 Å². The lowest BCUT2D eigenvalue weighted by Crippen LogP contribution is -2.53. The number of anilines is 2. The van der Waals surface area contributed by atoms with Crippen LogP contribution in [0.2, 0.25) is 0 Å². The highest BCUT2D eigenvalue weighted by Gasteiger charge is 2.20. The van der Waals surface area contributed by atoms with Crippen molar-refractivity contribution in [2.45, 2.75) is 0 Å². The van der Waals surface area contributed by atoms with Crippen molar-refractivity contribution < 1.29 is 9.18 Å². The molecule has 0 aliphatic carbocycles. The fourth-order valence-electron chi connectivity index (χ4n) is 3.21. The maximum absolute atomic E-state index is 13.1. The van der Waals surface area contributed by atoms with E-state index in [1.807, 2.05) is 0 Å². The number of aliphatic imine (C=N–C) groups is 1. The standard InChI is InChI=1S/C22H24FN5O/c1-3-17-5-4-6-19(15-17)26-21(29)16-25-22(24-2)28-13-11-27(12-14-28)20-9-7-18(23)8-10-20/h1,4-10,15H,11-14,16H2,2H3,(H,24,25)(H,26,29). The number of nitrogens with zero attached hydrogens (tertiary/aromatic N) is 3. The van der Waals surface area contributed by atoms with Gasteiger partial charge in [-0.1, -0.05) is 12.0 Å². The number of benzene rings is 2. The predicted molar refractivity (Wildman–Crippen MR) is 115 cm³/mol. The Morgan fingerprint density at radius 3 is 2.55 bits per heavy atom. The van der Waals surface area contributed by atoms with Crippen molar-refractivity contribution in [2.75, 3.05) is 50.0 Å². The smallest absolute Gasteiger partial charge is 0.243 e. The summed E-state index contributed by atoms with van der Waals surface area (Å²) in [4.78, 5) is 20.8. The van der Waals surface area contributed by atoms with Gasteiger partial charge in [0.2, 0.25) is 5.91 Å². The fraction of sp³-hybridized carbons (Fsp3) is 0.273. The SMILES string of the molecule is C#Cc1cccc(NC(=O)CNC(=NC)N2CCN(c3ccc(F)cc3)CC2)c1. The molecule has 2 aromatic rings. The summed E-state index contributed by atoms with van der Waals surface area (Å²) >= 11 is 0. The Hall–Kier alpha value is -3.53. The van der Waals surface area contributed by atoms with Crippen LogP contribution in [0.5, 0.6) is 0 Å². The molecule has 3 rings (SSSR count). The first-order valence-electron chi connectivity index (χ1n) is 9.41. The van der Waals surface area contributed by atoms with Gasteiger partial charge < -0.3 is 20.4 Å². The van der Waals surface area contributed by atoms with E-state index < -0.39 is 0 Å². The van der Waals surface area contributed by atoms with Crippen LogP contribution in [0.15, 0.2) is 53.5 Å². The van der Waals surface area contributed by atoms with Gasteiger partial charge in [-0.15, -0.1) is 6.42 Å². The molecule has 0 bridgehead atoms. The number of carbonyl (C=O) groups is 1. The normalized spacial score (nSPS) is 14.3. The topological polar surface area (TPSA) is 60.0 Å².